The molecule has 0 unspecified atom stereocenters. The van der Waals surface area contributed by atoms with Crippen molar-refractivity contribution < 1.29 is 4.74 Å². The first-order chi connectivity index (χ1) is 10.2. The Balaban J connectivity index is 0.00000242. The van der Waals surface area contributed by atoms with Crippen molar-refractivity contribution in [2.24, 2.45) is 0 Å². The van der Waals surface area contributed by atoms with Gasteiger partial charge in [-0.05, 0) is 24.0 Å². The first-order valence-electron chi connectivity index (χ1n) is 7.90. The van der Waals surface area contributed by atoms with Crippen molar-refractivity contribution in [3.05, 3.63) is 42.0 Å². The maximum Gasteiger partial charge on any atom is 0.123 e. The number of ether oxygens (including phenoxy) is 1. The quantitative estimate of drug-likeness (QED) is 0.769. The topological polar surface area (TPSA) is 24.5 Å². The number of benzene rings is 1. The predicted octanol–water partition coefficient (Wildman–Crippen LogP) is 4.18. The predicted molar refractivity (Wildman–Crippen MR) is 104 cm³/mol. The van der Waals surface area contributed by atoms with Gasteiger partial charge >= 0.3 is 0 Å². The van der Waals surface area contributed by atoms with Gasteiger partial charge in [-0.15, -0.1) is 31.4 Å². The molecule has 3 nitrogen and oxygen atoms in total. The highest BCUT2D eigenvalue weighted by atomic mass is 35.5. The van der Waals surface area contributed by atoms with Crippen LogP contribution in [0.15, 0.2) is 30.9 Å². The summed E-state index contributed by atoms with van der Waals surface area (Å²) in [5.74, 6) is 1.52. The Labute approximate surface area is 153 Å². The van der Waals surface area contributed by atoms with Crippen molar-refractivity contribution in [3.63, 3.8) is 0 Å². The molecule has 0 spiro atoms. The van der Waals surface area contributed by atoms with Crippen LogP contribution in [0.1, 0.15) is 43.4 Å². The molecular weight excluding hydrogens is 331 g/mol. The molecular formula is C18H30Cl2N2O. The standard InChI is InChI=1S/C18H28N2O.2ClH/c1-5-6-17(20-11-9-19-10-12-20)16-13-15(14(2)3)7-8-18(16)21-4;;/h5,7-8,13-14,17,19H,1,6,9-12H2,2-4H3;2*1H/t17-;;/m1../s1. The van der Waals surface area contributed by atoms with Crippen LogP contribution in [0, 0.1) is 0 Å². The minimum Gasteiger partial charge on any atom is -0.496 e. The van der Waals surface area contributed by atoms with Gasteiger partial charge in [0.1, 0.15) is 5.75 Å². The number of piperazine rings is 1. The summed E-state index contributed by atoms with van der Waals surface area (Å²) in [4.78, 5) is 2.54. The summed E-state index contributed by atoms with van der Waals surface area (Å²) in [5, 5.41) is 3.42. The number of nitrogens with one attached hydrogen (secondary N) is 1. The van der Waals surface area contributed by atoms with Crippen LogP contribution < -0.4 is 10.1 Å². The van der Waals surface area contributed by atoms with E-state index in [-0.39, 0.29) is 24.8 Å². The number of hydrogen-bond donors (Lipinski definition) is 1. The van der Waals surface area contributed by atoms with Crippen molar-refractivity contribution in [2.45, 2.75) is 32.2 Å². The van der Waals surface area contributed by atoms with Crippen molar-refractivity contribution in [2.75, 3.05) is 33.3 Å². The molecule has 0 aromatic heterocycles. The second-order valence-corrected chi connectivity index (χ2v) is 5.98. The number of rotatable bonds is 6. The molecule has 1 aromatic carbocycles. The maximum absolute atomic E-state index is 5.62. The Hall–Kier alpha value is -0.740. The highest BCUT2D eigenvalue weighted by Crippen LogP contribution is 2.34. The Morgan fingerprint density at radius 1 is 1.26 bits per heavy atom. The van der Waals surface area contributed by atoms with E-state index in [1.54, 1.807) is 7.11 Å². The summed E-state index contributed by atoms with van der Waals surface area (Å²) in [6.07, 6.45) is 2.98. The fourth-order valence-corrected chi connectivity index (χ4v) is 3.00. The van der Waals surface area contributed by atoms with Gasteiger partial charge in [0, 0.05) is 37.8 Å². The summed E-state index contributed by atoms with van der Waals surface area (Å²) in [6, 6.07) is 6.97. The second kappa shape index (κ2) is 10.9. The van der Waals surface area contributed by atoms with Crippen molar-refractivity contribution >= 4 is 24.8 Å². The smallest absolute Gasteiger partial charge is 0.123 e. The minimum absolute atomic E-state index is 0. The average molecular weight is 361 g/mol. The monoisotopic (exact) mass is 360 g/mol. The number of methoxy groups -OCH3 is 1. The van der Waals surface area contributed by atoms with Crippen molar-refractivity contribution in [3.8, 4) is 5.75 Å². The molecule has 1 aliphatic heterocycles. The van der Waals surface area contributed by atoms with Gasteiger partial charge in [-0.2, -0.15) is 0 Å². The lowest BCUT2D eigenvalue weighted by atomic mass is 9.94. The molecule has 1 aliphatic rings. The molecule has 2 rings (SSSR count). The summed E-state index contributed by atoms with van der Waals surface area (Å²) in [5.41, 5.74) is 2.67. The first-order valence-corrected chi connectivity index (χ1v) is 7.90. The zero-order chi connectivity index (χ0) is 15.2. The molecule has 1 heterocycles. The molecule has 0 bridgehead atoms. The minimum atomic E-state index is 0. The second-order valence-electron chi connectivity index (χ2n) is 5.98. The van der Waals surface area contributed by atoms with Crippen LogP contribution in [0.5, 0.6) is 5.75 Å². The van der Waals surface area contributed by atoms with Crippen LogP contribution >= 0.6 is 24.8 Å². The van der Waals surface area contributed by atoms with E-state index in [9.17, 15) is 0 Å². The molecule has 0 aliphatic carbocycles. The van der Waals surface area contributed by atoms with Gasteiger partial charge in [0.15, 0.2) is 0 Å². The van der Waals surface area contributed by atoms with Crippen LogP contribution in [0.3, 0.4) is 0 Å². The molecule has 132 valence electrons. The summed E-state index contributed by atoms with van der Waals surface area (Å²) >= 11 is 0. The fraction of sp³-hybridized carbons (Fsp3) is 0.556. The lowest BCUT2D eigenvalue weighted by Gasteiger charge is -2.35. The summed E-state index contributed by atoms with van der Waals surface area (Å²) in [6.45, 7) is 12.7. The molecule has 1 fully saturated rings. The third kappa shape index (κ3) is 5.68. The Kier molecular flexibility index (Phi) is 10.6. The van der Waals surface area contributed by atoms with Gasteiger partial charge in [-0.1, -0.05) is 32.1 Å². The molecule has 5 heteroatoms. The first kappa shape index (κ1) is 22.3. The molecule has 1 saturated heterocycles. The van der Waals surface area contributed by atoms with E-state index < -0.39 is 0 Å². The Morgan fingerprint density at radius 2 is 1.91 bits per heavy atom. The molecule has 1 aromatic rings. The van der Waals surface area contributed by atoms with Crippen molar-refractivity contribution in [1.29, 1.82) is 0 Å². The molecule has 23 heavy (non-hydrogen) atoms. The van der Waals surface area contributed by atoms with E-state index in [0.29, 0.717) is 12.0 Å². The fourth-order valence-electron chi connectivity index (χ4n) is 3.00. The van der Waals surface area contributed by atoms with E-state index in [4.69, 9.17) is 4.74 Å². The lowest BCUT2D eigenvalue weighted by molar-refractivity contribution is 0.171. The summed E-state index contributed by atoms with van der Waals surface area (Å²) < 4.78 is 5.62. The van der Waals surface area contributed by atoms with Crippen LogP contribution in [-0.2, 0) is 0 Å². The zero-order valence-electron chi connectivity index (χ0n) is 14.4. The van der Waals surface area contributed by atoms with Gasteiger partial charge in [0.2, 0.25) is 0 Å². The number of hydrogen-bond acceptors (Lipinski definition) is 3. The van der Waals surface area contributed by atoms with Crippen molar-refractivity contribution in [1.82, 2.24) is 10.2 Å². The third-order valence-corrected chi connectivity index (χ3v) is 4.26. The number of nitrogens with zero attached hydrogens (tertiary/aromatic N) is 1. The SMILES string of the molecule is C=CC[C@H](c1cc(C(C)C)ccc1OC)N1CCNCC1.Cl.Cl. The van der Waals surface area contributed by atoms with E-state index in [2.05, 4.69) is 48.8 Å². The maximum atomic E-state index is 5.62. The van der Waals surface area contributed by atoms with Crippen LogP contribution in [0.2, 0.25) is 0 Å². The van der Waals surface area contributed by atoms with Crippen LogP contribution in [0.4, 0.5) is 0 Å². The van der Waals surface area contributed by atoms with Gasteiger partial charge < -0.3 is 10.1 Å². The van der Waals surface area contributed by atoms with E-state index in [0.717, 1.165) is 38.3 Å². The zero-order valence-corrected chi connectivity index (χ0v) is 16.0. The van der Waals surface area contributed by atoms with Gasteiger partial charge in [0.25, 0.3) is 0 Å². The molecule has 0 saturated carbocycles. The van der Waals surface area contributed by atoms with Gasteiger partial charge in [-0.3, -0.25) is 4.90 Å². The third-order valence-electron chi connectivity index (χ3n) is 4.26. The van der Waals surface area contributed by atoms with E-state index in [1.807, 2.05) is 6.08 Å². The lowest BCUT2D eigenvalue weighted by Crippen LogP contribution is -2.45. The average Bonchev–Trinajstić information content (AvgIpc) is 2.52. The van der Waals surface area contributed by atoms with Crippen LogP contribution in [-0.4, -0.2) is 38.2 Å². The van der Waals surface area contributed by atoms with E-state index in [1.165, 1.54) is 11.1 Å². The Bertz CT molecular complexity index is 474. The molecule has 1 atom stereocenters. The highest BCUT2D eigenvalue weighted by molar-refractivity contribution is 5.85. The van der Waals surface area contributed by atoms with Gasteiger partial charge in [0.05, 0.1) is 7.11 Å². The molecule has 1 N–H and O–H groups in total. The molecule has 0 amide bonds. The normalized spacial score (nSPS) is 16.2. The Morgan fingerprint density at radius 3 is 2.43 bits per heavy atom. The number of halogens is 2. The highest BCUT2D eigenvalue weighted by Gasteiger charge is 2.24. The van der Waals surface area contributed by atoms with Crippen LogP contribution in [0.25, 0.3) is 0 Å². The molecule has 0 radical (unpaired) electrons. The summed E-state index contributed by atoms with van der Waals surface area (Å²) in [7, 11) is 1.76. The van der Waals surface area contributed by atoms with Gasteiger partial charge in [-0.25, -0.2) is 0 Å². The van der Waals surface area contributed by atoms with E-state index >= 15 is 0 Å². The largest absolute Gasteiger partial charge is 0.496 e.